The fraction of sp³-hybridized carbons (Fsp3) is 0.450. The summed E-state index contributed by atoms with van der Waals surface area (Å²) >= 11 is -1.87. The van der Waals surface area contributed by atoms with Crippen molar-refractivity contribution in [2.45, 2.75) is 50.9 Å². The molecular weight excluding hydrogens is 327 g/mol. The van der Waals surface area contributed by atoms with Crippen LogP contribution in [0, 0.1) is 13.8 Å². The molecule has 0 aliphatic heterocycles. The van der Waals surface area contributed by atoms with Crippen molar-refractivity contribution in [3.05, 3.63) is 47.2 Å². The van der Waals surface area contributed by atoms with Gasteiger partial charge >= 0.3 is 139 Å². The van der Waals surface area contributed by atoms with E-state index in [4.69, 9.17) is 0 Å². The number of nitrogens with zero attached hydrogens (tertiary/aromatic N) is 1. The summed E-state index contributed by atoms with van der Waals surface area (Å²) in [6, 6.07) is 9.20. The van der Waals surface area contributed by atoms with E-state index in [-0.39, 0.29) is 0 Å². The standard InChI is InChI=1S/C20H30GeN/c1-14(2)18-12-20(17-10-9-15(3)11-16(17)4)22(8)13-19(18)21(5,6)7/h9-14H,1-8H3/q+1. The van der Waals surface area contributed by atoms with Gasteiger partial charge in [0.15, 0.2) is 0 Å². The first-order valence-electron chi connectivity index (χ1n) is 8.23. The van der Waals surface area contributed by atoms with Gasteiger partial charge in [0.1, 0.15) is 0 Å². The van der Waals surface area contributed by atoms with E-state index in [2.05, 4.69) is 87.0 Å². The van der Waals surface area contributed by atoms with E-state index in [0.717, 1.165) is 0 Å². The van der Waals surface area contributed by atoms with Gasteiger partial charge in [0, 0.05) is 0 Å². The second kappa shape index (κ2) is 6.19. The molecule has 0 saturated heterocycles. The average molecular weight is 357 g/mol. The van der Waals surface area contributed by atoms with Crippen LogP contribution in [0.2, 0.25) is 17.3 Å². The molecule has 0 saturated carbocycles. The zero-order valence-electron chi connectivity index (χ0n) is 15.4. The Morgan fingerprint density at radius 2 is 1.64 bits per heavy atom. The van der Waals surface area contributed by atoms with Gasteiger partial charge in [0.25, 0.3) is 0 Å². The molecule has 0 spiro atoms. The first-order chi connectivity index (χ1) is 10.1. The van der Waals surface area contributed by atoms with Crippen LogP contribution >= 0.6 is 0 Å². The molecule has 118 valence electrons. The van der Waals surface area contributed by atoms with Crippen LogP contribution in [0.1, 0.15) is 36.5 Å². The van der Waals surface area contributed by atoms with Gasteiger partial charge in [-0.3, -0.25) is 0 Å². The number of hydrogen-bond acceptors (Lipinski definition) is 0. The third-order valence-electron chi connectivity index (χ3n) is 4.39. The molecule has 0 unspecified atom stereocenters. The molecule has 0 amide bonds. The number of rotatable bonds is 3. The van der Waals surface area contributed by atoms with Gasteiger partial charge in [-0.15, -0.1) is 0 Å². The average Bonchev–Trinajstić information content (AvgIpc) is 2.37. The summed E-state index contributed by atoms with van der Waals surface area (Å²) in [5, 5.41) is 0. The molecule has 1 aromatic heterocycles. The Balaban J connectivity index is 2.71. The molecule has 0 aliphatic carbocycles. The monoisotopic (exact) mass is 358 g/mol. The topological polar surface area (TPSA) is 3.88 Å². The Morgan fingerprint density at radius 1 is 1.00 bits per heavy atom. The number of aromatic nitrogens is 1. The predicted octanol–water partition coefficient (Wildman–Crippen LogP) is 4.46. The Bertz CT molecular complexity index is 694. The minimum atomic E-state index is -1.87. The van der Waals surface area contributed by atoms with Crippen molar-refractivity contribution < 1.29 is 4.57 Å². The Hall–Kier alpha value is -1.09. The molecule has 0 atom stereocenters. The summed E-state index contributed by atoms with van der Waals surface area (Å²) < 4.78 is 3.96. The molecule has 1 heterocycles. The van der Waals surface area contributed by atoms with Crippen LogP contribution < -0.4 is 8.96 Å². The number of aryl methyl sites for hydroxylation is 3. The molecule has 1 nitrogen and oxygen atoms in total. The molecule has 0 fully saturated rings. The van der Waals surface area contributed by atoms with Gasteiger partial charge in [-0.2, -0.15) is 0 Å². The quantitative estimate of drug-likeness (QED) is 0.564. The molecule has 0 bridgehead atoms. The third kappa shape index (κ3) is 3.45. The maximum atomic E-state index is 2.48. The van der Waals surface area contributed by atoms with E-state index in [1.807, 2.05) is 0 Å². The van der Waals surface area contributed by atoms with E-state index in [1.165, 1.54) is 22.4 Å². The molecule has 2 aromatic rings. The SMILES string of the molecule is Cc1ccc(-c2cc(C(C)C)[c]([Ge]([CH3])([CH3])[CH3])c[n+]2C)c(C)c1. The predicted molar refractivity (Wildman–Crippen MR) is 99.6 cm³/mol. The third-order valence-corrected chi connectivity index (χ3v) is 8.66. The number of benzene rings is 1. The molecule has 0 radical (unpaired) electrons. The Kier molecular flexibility index (Phi) is 4.86. The van der Waals surface area contributed by atoms with Crippen LogP contribution in [0.3, 0.4) is 0 Å². The summed E-state index contributed by atoms with van der Waals surface area (Å²) in [6.07, 6.45) is 2.41. The van der Waals surface area contributed by atoms with Crippen molar-refractivity contribution in [2.75, 3.05) is 0 Å². The zero-order valence-corrected chi connectivity index (χ0v) is 17.5. The van der Waals surface area contributed by atoms with Crippen molar-refractivity contribution in [3.63, 3.8) is 0 Å². The zero-order chi connectivity index (χ0) is 16.7. The van der Waals surface area contributed by atoms with E-state index >= 15 is 0 Å². The van der Waals surface area contributed by atoms with Gasteiger partial charge in [-0.25, -0.2) is 0 Å². The van der Waals surface area contributed by atoms with E-state index < -0.39 is 13.3 Å². The minimum absolute atomic E-state index is 0.575. The fourth-order valence-electron chi connectivity index (χ4n) is 3.14. The van der Waals surface area contributed by atoms with Gasteiger partial charge < -0.3 is 0 Å². The molecular formula is C20H30GeN+. The van der Waals surface area contributed by atoms with Crippen molar-refractivity contribution in [3.8, 4) is 11.3 Å². The van der Waals surface area contributed by atoms with Crippen LogP contribution in [0.15, 0.2) is 30.5 Å². The second-order valence-electron chi connectivity index (χ2n) is 7.86. The van der Waals surface area contributed by atoms with Crippen LogP contribution in [0.5, 0.6) is 0 Å². The molecule has 1 aromatic carbocycles. The van der Waals surface area contributed by atoms with Crippen LogP contribution in [0.25, 0.3) is 11.3 Å². The summed E-state index contributed by atoms with van der Waals surface area (Å²) in [7, 11) is 2.19. The Labute approximate surface area is 138 Å². The first kappa shape index (κ1) is 17.3. The number of hydrogen-bond donors (Lipinski definition) is 0. The van der Waals surface area contributed by atoms with E-state index in [9.17, 15) is 0 Å². The van der Waals surface area contributed by atoms with E-state index in [0.29, 0.717) is 5.92 Å². The van der Waals surface area contributed by atoms with Gasteiger partial charge in [0.2, 0.25) is 0 Å². The van der Waals surface area contributed by atoms with Crippen LogP contribution in [-0.2, 0) is 7.05 Å². The summed E-state index contributed by atoms with van der Waals surface area (Å²) in [5.41, 5.74) is 6.91. The van der Waals surface area contributed by atoms with Gasteiger partial charge in [-0.1, -0.05) is 0 Å². The molecule has 0 N–H and O–H groups in total. The van der Waals surface area contributed by atoms with Gasteiger partial charge in [0.05, 0.1) is 0 Å². The number of pyridine rings is 1. The maximum absolute atomic E-state index is 2.48. The molecule has 0 aliphatic rings. The first-order valence-corrected chi connectivity index (χ1v) is 15.6. The summed E-state index contributed by atoms with van der Waals surface area (Å²) in [6.45, 7) is 9.01. The van der Waals surface area contributed by atoms with Gasteiger partial charge in [-0.05, 0) is 0 Å². The molecule has 22 heavy (non-hydrogen) atoms. The van der Waals surface area contributed by atoms with Crippen LogP contribution in [0.4, 0.5) is 0 Å². The van der Waals surface area contributed by atoms with Crippen molar-refractivity contribution in [1.29, 1.82) is 0 Å². The van der Waals surface area contributed by atoms with Crippen molar-refractivity contribution in [2.24, 2.45) is 7.05 Å². The van der Waals surface area contributed by atoms with Crippen molar-refractivity contribution in [1.82, 2.24) is 0 Å². The van der Waals surface area contributed by atoms with E-state index in [1.54, 1.807) is 9.96 Å². The Morgan fingerprint density at radius 3 is 2.14 bits per heavy atom. The van der Waals surface area contributed by atoms with Crippen molar-refractivity contribution >= 4 is 17.7 Å². The summed E-state index contributed by atoms with van der Waals surface area (Å²) in [4.78, 5) is 0. The van der Waals surface area contributed by atoms with Crippen LogP contribution in [-0.4, -0.2) is 13.3 Å². The fourth-order valence-corrected chi connectivity index (χ4v) is 6.93. The molecule has 2 rings (SSSR count). The summed E-state index contributed by atoms with van der Waals surface area (Å²) in [5.74, 6) is 8.03. The normalized spacial score (nSPS) is 12.0. The second-order valence-corrected chi connectivity index (χ2v) is 18.4. The molecule has 2 heteroatoms.